The molecule has 0 saturated carbocycles. The van der Waals surface area contributed by atoms with E-state index in [1.165, 1.54) is 0 Å². The Kier molecular flexibility index (Phi) is 8.57. The van der Waals surface area contributed by atoms with E-state index in [-0.39, 0.29) is 36.0 Å². The number of carbonyl (C=O) groups is 2. The van der Waals surface area contributed by atoms with Gasteiger partial charge in [-0.25, -0.2) is 4.39 Å². The van der Waals surface area contributed by atoms with E-state index in [1.54, 1.807) is 12.1 Å². The molecule has 35 heavy (non-hydrogen) atoms. The van der Waals surface area contributed by atoms with Crippen LogP contribution in [-0.2, 0) is 29.2 Å². The third-order valence-electron chi connectivity index (χ3n) is 7.26. The molecule has 2 amide bonds. The fourth-order valence-corrected chi connectivity index (χ4v) is 4.94. The number of benzene rings is 1. The van der Waals surface area contributed by atoms with Crippen molar-refractivity contribution >= 4 is 11.8 Å². The highest BCUT2D eigenvalue weighted by Gasteiger charge is 2.26. The molecule has 3 heterocycles. The molecule has 2 saturated heterocycles. The van der Waals surface area contributed by atoms with Gasteiger partial charge in [0, 0.05) is 30.5 Å². The number of rotatable bonds is 8. The maximum atomic E-state index is 14.7. The molecule has 1 aromatic carbocycles. The average molecular weight is 485 g/mol. The van der Waals surface area contributed by atoms with Gasteiger partial charge in [0.1, 0.15) is 17.3 Å². The Morgan fingerprint density at radius 2 is 1.57 bits per heavy atom. The van der Waals surface area contributed by atoms with Gasteiger partial charge in [0.25, 0.3) is 0 Å². The van der Waals surface area contributed by atoms with E-state index in [0.29, 0.717) is 18.7 Å². The van der Waals surface area contributed by atoms with Crippen molar-refractivity contribution in [2.24, 2.45) is 11.8 Å². The largest absolute Gasteiger partial charge is 0.465 e. The Bertz CT molecular complexity index is 1010. The summed E-state index contributed by atoms with van der Waals surface area (Å²) in [7, 11) is 2.06. The summed E-state index contributed by atoms with van der Waals surface area (Å²) < 4.78 is 20.2. The van der Waals surface area contributed by atoms with Crippen LogP contribution in [0.4, 0.5) is 4.39 Å². The molecular formula is C27H37FN4O3. The smallest absolute Gasteiger partial charge is 0.223 e. The number of likely N-dealkylation sites (tertiary alicyclic amines) is 2. The number of hydrogen-bond acceptors (Lipinski definition) is 5. The van der Waals surface area contributed by atoms with Crippen molar-refractivity contribution in [3.8, 4) is 0 Å². The van der Waals surface area contributed by atoms with Gasteiger partial charge in [-0.1, -0.05) is 12.1 Å². The average Bonchev–Trinajstić information content (AvgIpc) is 3.28. The summed E-state index contributed by atoms with van der Waals surface area (Å²) in [5, 5.41) is 5.88. The van der Waals surface area contributed by atoms with Gasteiger partial charge in [-0.05, 0) is 89.6 Å². The Hall–Kier alpha value is -2.71. The number of nitrogens with zero attached hydrogens (tertiary/aromatic N) is 2. The van der Waals surface area contributed by atoms with Crippen LogP contribution in [-0.4, -0.2) is 54.8 Å². The molecule has 2 N–H and O–H groups in total. The summed E-state index contributed by atoms with van der Waals surface area (Å²) in [6.07, 6.45) is 3.27. The minimum atomic E-state index is -0.284. The third-order valence-corrected chi connectivity index (χ3v) is 7.26. The summed E-state index contributed by atoms with van der Waals surface area (Å²) in [5.74, 6) is 1.42. The number of halogens is 1. The van der Waals surface area contributed by atoms with Gasteiger partial charge in [0.15, 0.2) is 0 Å². The first-order valence-electron chi connectivity index (χ1n) is 12.7. The predicted molar refractivity (Wildman–Crippen MR) is 132 cm³/mol. The maximum absolute atomic E-state index is 14.7. The van der Waals surface area contributed by atoms with Crippen molar-refractivity contribution in [1.29, 1.82) is 0 Å². The molecule has 7 nitrogen and oxygen atoms in total. The van der Waals surface area contributed by atoms with Crippen LogP contribution in [0.5, 0.6) is 0 Å². The highest BCUT2D eigenvalue weighted by atomic mass is 19.1. The number of carbonyl (C=O) groups excluding carboxylic acids is 2. The number of nitrogens with one attached hydrogen (secondary N) is 2. The maximum Gasteiger partial charge on any atom is 0.223 e. The molecule has 1 aromatic heterocycles. The van der Waals surface area contributed by atoms with Crippen molar-refractivity contribution in [3.63, 3.8) is 0 Å². The van der Waals surface area contributed by atoms with E-state index < -0.39 is 0 Å². The zero-order chi connectivity index (χ0) is 24.8. The second-order valence-corrected chi connectivity index (χ2v) is 10.0. The van der Waals surface area contributed by atoms with E-state index in [9.17, 15) is 14.0 Å². The Balaban J connectivity index is 1.19. The van der Waals surface area contributed by atoms with Gasteiger partial charge in [0.2, 0.25) is 11.8 Å². The molecule has 0 bridgehead atoms. The van der Waals surface area contributed by atoms with Crippen LogP contribution >= 0.6 is 0 Å². The van der Waals surface area contributed by atoms with Crippen LogP contribution < -0.4 is 10.6 Å². The standard InChI is InChI=1S/C27H37FN4O3/c1-19-3-6-24(35-19)17-30-27(34)22-9-13-32(14-10-22)18-20-4-5-23(25(28)15-20)16-29-26(33)21-7-11-31(2)12-8-21/h3-6,15,21-22H,7-14,16-18H2,1-2H3,(H,29,33)(H,30,34). The van der Waals surface area contributed by atoms with Crippen molar-refractivity contribution in [1.82, 2.24) is 20.4 Å². The fourth-order valence-electron chi connectivity index (χ4n) is 4.94. The lowest BCUT2D eigenvalue weighted by Crippen LogP contribution is -2.40. The molecule has 8 heteroatoms. The van der Waals surface area contributed by atoms with Crippen LogP contribution in [0.15, 0.2) is 34.7 Å². The molecule has 0 atom stereocenters. The topological polar surface area (TPSA) is 77.8 Å². The molecule has 0 radical (unpaired) electrons. The summed E-state index contributed by atoms with van der Waals surface area (Å²) in [5.41, 5.74) is 1.42. The second kappa shape index (κ2) is 11.8. The molecule has 0 unspecified atom stereocenters. The molecule has 2 fully saturated rings. The number of piperidine rings is 2. The highest BCUT2D eigenvalue weighted by molar-refractivity contribution is 5.79. The molecular weight excluding hydrogens is 447 g/mol. The van der Waals surface area contributed by atoms with Gasteiger partial charge in [-0.2, -0.15) is 0 Å². The Morgan fingerprint density at radius 3 is 2.17 bits per heavy atom. The normalized spacial score (nSPS) is 18.5. The molecule has 190 valence electrons. The molecule has 0 spiro atoms. The quantitative estimate of drug-likeness (QED) is 0.602. The van der Waals surface area contributed by atoms with Gasteiger partial charge in [0.05, 0.1) is 6.54 Å². The summed E-state index contributed by atoms with van der Waals surface area (Å²) in [4.78, 5) is 29.4. The van der Waals surface area contributed by atoms with Crippen molar-refractivity contribution in [3.05, 3.63) is 58.8 Å². The lowest BCUT2D eigenvalue weighted by atomic mass is 9.95. The van der Waals surface area contributed by atoms with E-state index >= 15 is 0 Å². The predicted octanol–water partition coefficient (Wildman–Crippen LogP) is 3.21. The van der Waals surface area contributed by atoms with Crippen LogP contribution in [0, 0.1) is 24.6 Å². The molecule has 2 aromatic rings. The summed E-state index contributed by atoms with van der Waals surface area (Å²) in [6, 6.07) is 9.05. The Morgan fingerprint density at radius 1 is 0.943 bits per heavy atom. The highest BCUT2D eigenvalue weighted by Crippen LogP contribution is 2.21. The van der Waals surface area contributed by atoms with Crippen LogP contribution in [0.1, 0.15) is 48.3 Å². The lowest BCUT2D eigenvalue weighted by Gasteiger charge is -2.31. The second-order valence-electron chi connectivity index (χ2n) is 10.0. The first-order chi connectivity index (χ1) is 16.9. The van der Waals surface area contributed by atoms with Gasteiger partial charge in [-0.15, -0.1) is 0 Å². The van der Waals surface area contributed by atoms with Crippen LogP contribution in [0.2, 0.25) is 0 Å². The van der Waals surface area contributed by atoms with E-state index in [2.05, 4.69) is 27.5 Å². The van der Waals surface area contributed by atoms with Gasteiger partial charge < -0.3 is 20.0 Å². The molecule has 4 rings (SSSR count). The summed E-state index contributed by atoms with van der Waals surface area (Å²) in [6.45, 7) is 6.62. The van der Waals surface area contributed by atoms with Gasteiger partial charge in [-0.3, -0.25) is 14.5 Å². The zero-order valence-electron chi connectivity index (χ0n) is 20.8. The number of furan rings is 1. The van der Waals surface area contributed by atoms with Crippen molar-refractivity contribution in [2.75, 3.05) is 33.2 Å². The minimum Gasteiger partial charge on any atom is -0.465 e. The third kappa shape index (κ3) is 7.15. The monoisotopic (exact) mass is 484 g/mol. The van der Waals surface area contributed by atoms with E-state index in [1.807, 2.05) is 25.1 Å². The molecule has 0 aliphatic carbocycles. The van der Waals surface area contributed by atoms with Crippen molar-refractivity contribution in [2.45, 2.75) is 52.2 Å². The molecule has 2 aliphatic rings. The number of amides is 2. The minimum absolute atomic E-state index is 0.00500. The molecule has 2 aliphatic heterocycles. The SMILES string of the molecule is Cc1ccc(CNC(=O)C2CCN(Cc3ccc(CNC(=O)C4CCN(C)CC4)c(F)c3)CC2)o1. The van der Waals surface area contributed by atoms with Crippen molar-refractivity contribution < 1.29 is 18.4 Å². The van der Waals surface area contributed by atoms with Crippen LogP contribution in [0.25, 0.3) is 0 Å². The van der Waals surface area contributed by atoms with Gasteiger partial charge >= 0.3 is 0 Å². The van der Waals surface area contributed by atoms with Crippen LogP contribution in [0.3, 0.4) is 0 Å². The fraction of sp³-hybridized carbons (Fsp3) is 0.556. The van der Waals surface area contributed by atoms with E-state index in [0.717, 1.165) is 68.9 Å². The summed E-state index contributed by atoms with van der Waals surface area (Å²) >= 11 is 0. The first kappa shape index (κ1) is 25.4. The number of hydrogen-bond donors (Lipinski definition) is 2. The zero-order valence-corrected chi connectivity index (χ0v) is 20.8. The first-order valence-corrected chi connectivity index (χ1v) is 12.7. The number of aryl methyl sites for hydroxylation is 1. The Labute approximate surface area is 207 Å². The lowest BCUT2D eigenvalue weighted by molar-refractivity contribution is -0.127. The van der Waals surface area contributed by atoms with E-state index in [4.69, 9.17) is 4.42 Å².